The summed E-state index contributed by atoms with van der Waals surface area (Å²) in [6.07, 6.45) is 7.40. The predicted molar refractivity (Wildman–Crippen MR) is 104 cm³/mol. The van der Waals surface area contributed by atoms with Gasteiger partial charge in [-0.25, -0.2) is 14.8 Å². The summed E-state index contributed by atoms with van der Waals surface area (Å²) in [6, 6.07) is 6.58. The van der Waals surface area contributed by atoms with Crippen LogP contribution in [0.5, 0.6) is 0 Å². The van der Waals surface area contributed by atoms with Crippen LogP contribution in [-0.2, 0) is 9.47 Å². The van der Waals surface area contributed by atoms with E-state index in [9.17, 15) is 9.90 Å². The first-order valence-corrected chi connectivity index (χ1v) is 9.03. The molecule has 0 amide bonds. The fourth-order valence-electron chi connectivity index (χ4n) is 3.30. The zero-order valence-electron chi connectivity index (χ0n) is 15.0. The SMILES string of the molecule is C#C[C@]1(CO)O[C@@H](n2ccc3c(N)nc(Cl)nc32)C[C@@H]1OC(=O)c1ccccn1. The Morgan fingerprint density at radius 2 is 2.31 bits per heavy atom. The summed E-state index contributed by atoms with van der Waals surface area (Å²) < 4.78 is 13.2. The van der Waals surface area contributed by atoms with Gasteiger partial charge in [-0.3, -0.25) is 0 Å². The van der Waals surface area contributed by atoms with E-state index in [1.54, 1.807) is 29.0 Å². The van der Waals surface area contributed by atoms with Crippen LogP contribution >= 0.6 is 11.6 Å². The Hall–Kier alpha value is -3.19. The predicted octanol–water partition coefficient (Wildman–Crippen LogP) is 1.57. The van der Waals surface area contributed by atoms with E-state index in [2.05, 4.69) is 20.9 Å². The van der Waals surface area contributed by atoms with Gasteiger partial charge in [0.1, 0.15) is 29.5 Å². The third kappa shape index (κ3) is 3.27. The highest BCUT2D eigenvalue weighted by atomic mass is 35.5. The number of aliphatic hydroxyl groups is 1. The van der Waals surface area contributed by atoms with Gasteiger partial charge in [0.15, 0.2) is 5.60 Å². The minimum atomic E-state index is -1.52. The van der Waals surface area contributed by atoms with Crippen LogP contribution in [0.2, 0.25) is 5.28 Å². The van der Waals surface area contributed by atoms with Crippen molar-refractivity contribution in [3.05, 3.63) is 47.6 Å². The smallest absolute Gasteiger partial charge is 0.357 e. The quantitative estimate of drug-likeness (QED) is 0.375. The Labute approximate surface area is 170 Å². The van der Waals surface area contributed by atoms with Crippen LogP contribution in [0.1, 0.15) is 23.1 Å². The molecule has 148 valence electrons. The fraction of sp³-hybridized carbons (Fsp3) is 0.263. The molecule has 0 bridgehead atoms. The Kier molecular flexibility index (Phi) is 4.84. The number of carbonyl (C=O) groups is 1. The molecule has 3 atom stereocenters. The molecule has 3 aromatic rings. The van der Waals surface area contributed by atoms with Gasteiger partial charge in [0.2, 0.25) is 5.28 Å². The molecule has 3 N–H and O–H groups in total. The molecule has 1 aliphatic rings. The van der Waals surface area contributed by atoms with Crippen molar-refractivity contribution in [2.75, 3.05) is 12.3 Å². The first-order chi connectivity index (χ1) is 14.0. The Bertz CT molecular complexity index is 1110. The van der Waals surface area contributed by atoms with Gasteiger partial charge in [-0.05, 0) is 29.8 Å². The van der Waals surface area contributed by atoms with Crippen LogP contribution in [0, 0.1) is 12.3 Å². The molecule has 0 aliphatic carbocycles. The number of hydrogen-bond acceptors (Lipinski definition) is 8. The topological polar surface area (TPSA) is 125 Å². The minimum Gasteiger partial charge on any atom is -0.453 e. The van der Waals surface area contributed by atoms with Gasteiger partial charge in [0, 0.05) is 18.8 Å². The number of carbonyl (C=O) groups excluding carboxylic acids is 1. The molecule has 1 saturated heterocycles. The molecule has 1 fully saturated rings. The molecule has 0 unspecified atom stereocenters. The lowest BCUT2D eigenvalue weighted by molar-refractivity contribution is -0.0930. The van der Waals surface area contributed by atoms with Crippen LogP contribution in [0.15, 0.2) is 36.7 Å². The maximum Gasteiger partial charge on any atom is 0.357 e. The normalized spacial score (nSPS) is 23.8. The number of aliphatic hydroxyl groups excluding tert-OH is 1. The minimum absolute atomic E-state index is 0.0172. The molecule has 29 heavy (non-hydrogen) atoms. The zero-order chi connectivity index (χ0) is 20.6. The maximum absolute atomic E-state index is 12.5. The first kappa shape index (κ1) is 19.1. The molecule has 3 aromatic heterocycles. The molecule has 0 spiro atoms. The summed E-state index contributed by atoms with van der Waals surface area (Å²) in [6.45, 7) is -0.544. The van der Waals surface area contributed by atoms with Crippen molar-refractivity contribution in [1.29, 1.82) is 0 Å². The number of fused-ring (bicyclic) bond motifs is 1. The number of anilines is 1. The highest BCUT2D eigenvalue weighted by Gasteiger charge is 2.51. The number of rotatable bonds is 4. The number of terminal acetylenes is 1. The first-order valence-electron chi connectivity index (χ1n) is 8.65. The van der Waals surface area contributed by atoms with E-state index in [0.717, 1.165) is 0 Å². The number of hydrogen-bond donors (Lipinski definition) is 2. The third-order valence-corrected chi connectivity index (χ3v) is 4.94. The van der Waals surface area contributed by atoms with Gasteiger partial charge >= 0.3 is 5.97 Å². The molecule has 0 saturated carbocycles. The highest BCUT2D eigenvalue weighted by molar-refractivity contribution is 6.28. The summed E-state index contributed by atoms with van der Waals surface area (Å²) in [5, 5.41) is 10.5. The Morgan fingerprint density at radius 3 is 3.00 bits per heavy atom. The summed E-state index contributed by atoms with van der Waals surface area (Å²) in [4.78, 5) is 24.6. The van der Waals surface area contributed by atoms with Gasteiger partial charge in [0.05, 0.1) is 12.0 Å². The fourth-order valence-corrected chi connectivity index (χ4v) is 3.47. The molecule has 1 aliphatic heterocycles. The second-order valence-electron chi connectivity index (χ2n) is 6.45. The summed E-state index contributed by atoms with van der Waals surface area (Å²) in [5.41, 5.74) is 4.94. The molecule has 9 nitrogen and oxygen atoms in total. The molecular formula is C19H16ClN5O4. The summed E-state index contributed by atoms with van der Waals surface area (Å²) >= 11 is 5.93. The van der Waals surface area contributed by atoms with Gasteiger partial charge in [-0.2, -0.15) is 4.98 Å². The van der Waals surface area contributed by atoms with Crippen LogP contribution in [0.25, 0.3) is 11.0 Å². The van der Waals surface area contributed by atoms with Gasteiger partial charge in [-0.15, -0.1) is 6.42 Å². The largest absolute Gasteiger partial charge is 0.453 e. The van der Waals surface area contributed by atoms with Crippen LogP contribution < -0.4 is 5.73 Å². The number of pyridine rings is 1. The van der Waals surface area contributed by atoms with E-state index in [-0.39, 0.29) is 23.2 Å². The van der Waals surface area contributed by atoms with Crippen LogP contribution in [0.4, 0.5) is 5.82 Å². The van der Waals surface area contributed by atoms with E-state index in [1.807, 2.05) is 0 Å². The molecular weight excluding hydrogens is 398 g/mol. The number of halogens is 1. The van der Waals surface area contributed by atoms with E-state index in [1.165, 1.54) is 12.3 Å². The van der Waals surface area contributed by atoms with Crippen molar-refractivity contribution in [2.24, 2.45) is 0 Å². The lowest BCUT2D eigenvalue weighted by Gasteiger charge is -2.26. The molecule has 10 heteroatoms. The third-order valence-electron chi connectivity index (χ3n) is 4.77. The average Bonchev–Trinajstić information content (AvgIpc) is 3.30. The second-order valence-corrected chi connectivity index (χ2v) is 6.79. The standard InChI is InChI=1S/C19H16ClN5O4/c1-2-19(10-26)13(28-17(27)12-5-3-4-7-22-12)9-14(29-19)25-8-6-11-15(21)23-18(20)24-16(11)25/h1,3-8,13-14,26H,9-10H2,(H2,21,23,24)/t13-,14+,19+/m0/s1. The number of nitrogen functional groups attached to an aromatic ring is 1. The Morgan fingerprint density at radius 1 is 1.48 bits per heavy atom. The van der Waals surface area contributed by atoms with Crippen molar-refractivity contribution >= 4 is 34.4 Å². The monoisotopic (exact) mass is 413 g/mol. The number of aromatic nitrogens is 4. The van der Waals surface area contributed by atoms with Crippen molar-refractivity contribution < 1.29 is 19.4 Å². The molecule has 4 heterocycles. The number of ether oxygens (including phenoxy) is 2. The van der Waals surface area contributed by atoms with E-state index >= 15 is 0 Å². The van der Waals surface area contributed by atoms with E-state index in [0.29, 0.717) is 11.0 Å². The van der Waals surface area contributed by atoms with Crippen LogP contribution in [0.3, 0.4) is 0 Å². The van der Waals surface area contributed by atoms with Gasteiger partial charge in [0.25, 0.3) is 0 Å². The maximum atomic E-state index is 12.5. The average molecular weight is 414 g/mol. The lowest BCUT2D eigenvalue weighted by Crippen LogP contribution is -2.44. The second kappa shape index (κ2) is 7.33. The van der Waals surface area contributed by atoms with Gasteiger partial charge in [-0.1, -0.05) is 12.0 Å². The molecule has 4 rings (SSSR count). The van der Waals surface area contributed by atoms with Gasteiger partial charge < -0.3 is 24.9 Å². The molecule has 0 radical (unpaired) electrons. The molecule has 0 aromatic carbocycles. The van der Waals surface area contributed by atoms with Crippen molar-refractivity contribution in [1.82, 2.24) is 19.5 Å². The number of nitrogens with two attached hydrogens (primary N) is 1. The Balaban J connectivity index is 1.67. The number of esters is 1. The van der Waals surface area contributed by atoms with E-state index < -0.39 is 30.5 Å². The summed E-state index contributed by atoms with van der Waals surface area (Å²) in [5.74, 6) is 1.99. The van der Waals surface area contributed by atoms with Crippen molar-refractivity contribution in [3.8, 4) is 12.3 Å². The van der Waals surface area contributed by atoms with Crippen molar-refractivity contribution in [2.45, 2.75) is 24.4 Å². The number of nitrogens with zero attached hydrogens (tertiary/aromatic N) is 4. The van der Waals surface area contributed by atoms with Crippen LogP contribution in [-0.4, -0.2) is 48.9 Å². The lowest BCUT2D eigenvalue weighted by atomic mass is 9.98. The van der Waals surface area contributed by atoms with Crippen molar-refractivity contribution in [3.63, 3.8) is 0 Å². The highest BCUT2D eigenvalue weighted by Crippen LogP contribution is 2.40. The zero-order valence-corrected chi connectivity index (χ0v) is 15.8. The summed E-state index contributed by atoms with van der Waals surface area (Å²) in [7, 11) is 0. The van der Waals surface area contributed by atoms with E-state index in [4.69, 9.17) is 33.2 Å².